The minimum Gasteiger partial charge on any atom is -0.371 e. The number of aromatic nitrogens is 2. The van der Waals surface area contributed by atoms with E-state index in [0.29, 0.717) is 18.0 Å². The van der Waals surface area contributed by atoms with Crippen LogP contribution >= 0.6 is 11.3 Å². The van der Waals surface area contributed by atoms with Gasteiger partial charge in [-0.3, -0.25) is 14.7 Å². The lowest BCUT2D eigenvalue weighted by atomic mass is 10.0. The van der Waals surface area contributed by atoms with Crippen LogP contribution < -0.4 is 5.73 Å². The summed E-state index contributed by atoms with van der Waals surface area (Å²) >= 11 is 1.34. The summed E-state index contributed by atoms with van der Waals surface area (Å²) in [4.78, 5) is 24.6. The first-order chi connectivity index (χ1) is 14.2. The van der Waals surface area contributed by atoms with Crippen LogP contribution in [0, 0.1) is 0 Å². The zero-order chi connectivity index (χ0) is 19.8. The molecule has 1 atom stereocenters. The van der Waals surface area contributed by atoms with E-state index < -0.39 is 5.91 Å². The van der Waals surface area contributed by atoms with Crippen LogP contribution in [0.25, 0.3) is 21.1 Å². The summed E-state index contributed by atoms with van der Waals surface area (Å²) in [6.07, 6.45) is 3.34. The number of benzene rings is 1. The van der Waals surface area contributed by atoms with Crippen molar-refractivity contribution >= 4 is 38.4 Å². The summed E-state index contributed by atoms with van der Waals surface area (Å²) in [5.41, 5.74) is 8.77. The molecule has 1 amide bonds. The Balaban J connectivity index is 1.43. The molecule has 1 aliphatic rings. The second kappa shape index (κ2) is 7.51. The van der Waals surface area contributed by atoms with Crippen LogP contribution in [0.3, 0.4) is 0 Å². The Hall–Kier alpha value is -2.87. The fourth-order valence-electron chi connectivity index (χ4n) is 3.96. The van der Waals surface area contributed by atoms with Crippen LogP contribution in [-0.4, -0.2) is 40.5 Å². The zero-order valence-corrected chi connectivity index (χ0v) is 16.6. The molecule has 6 nitrogen and oxygen atoms in total. The molecule has 1 aliphatic heterocycles. The third kappa shape index (κ3) is 3.48. The van der Waals surface area contributed by atoms with Crippen molar-refractivity contribution in [2.45, 2.75) is 12.6 Å². The second-order valence-corrected chi connectivity index (χ2v) is 8.19. The van der Waals surface area contributed by atoms with E-state index in [-0.39, 0.29) is 6.10 Å². The number of hydrogen-bond donors (Lipinski definition) is 1. The summed E-state index contributed by atoms with van der Waals surface area (Å²) in [7, 11) is 0. The van der Waals surface area contributed by atoms with Gasteiger partial charge in [-0.2, -0.15) is 0 Å². The lowest BCUT2D eigenvalue weighted by molar-refractivity contribution is -0.0322. The van der Waals surface area contributed by atoms with E-state index in [1.165, 1.54) is 16.9 Å². The van der Waals surface area contributed by atoms with Crippen molar-refractivity contribution in [2.24, 2.45) is 5.73 Å². The van der Waals surface area contributed by atoms with Crippen LogP contribution in [-0.2, 0) is 11.3 Å². The number of amides is 1. The predicted octanol–water partition coefficient (Wildman–Crippen LogP) is 3.52. The van der Waals surface area contributed by atoms with Crippen molar-refractivity contribution in [2.75, 3.05) is 19.7 Å². The first-order valence-electron chi connectivity index (χ1n) is 9.54. The fourth-order valence-corrected chi connectivity index (χ4v) is 5.00. The molecule has 0 saturated carbocycles. The Morgan fingerprint density at radius 3 is 2.97 bits per heavy atom. The van der Waals surface area contributed by atoms with Gasteiger partial charge in [0.25, 0.3) is 5.91 Å². The minimum absolute atomic E-state index is 0.202. The molecule has 0 radical (unpaired) electrons. The summed E-state index contributed by atoms with van der Waals surface area (Å²) in [5, 5.41) is 2.09. The van der Waals surface area contributed by atoms with Gasteiger partial charge in [0.15, 0.2) is 0 Å². The van der Waals surface area contributed by atoms with Gasteiger partial charge < -0.3 is 10.5 Å². The number of ether oxygens (including phenoxy) is 1. The first kappa shape index (κ1) is 18.2. The van der Waals surface area contributed by atoms with Crippen molar-refractivity contribution in [1.29, 1.82) is 0 Å². The van der Waals surface area contributed by atoms with E-state index >= 15 is 0 Å². The molecule has 0 bridgehead atoms. The van der Waals surface area contributed by atoms with E-state index in [1.54, 1.807) is 6.20 Å². The van der Waals surface area contributed by atoms with Gasteiger partial charge >= 0.3 is 0 Å². The van der Waals surface area contributed by atoms with Crippen LogP contribution in [0.1, 0.15) is 26.9 Å². The lowest BCUT2D eigenvalue weighted by Crippen LogP contribution is -2.38. The minimum atomic E-state index is -0.425. The number of pyridine rings is 2. The molecule has 1 saturated heterocycles. The maximum absolute atomic E-state index is 12.1. The van der Waals surface area contributed by atoms with Gasteiger partial charge in [-0.1, -0.05) is 18.2 Å². The first-order valence-corrected chi connectivity index (χ1v) is 10.4. The third-order valence-electron chi connectivity index (χ3n) is 5.27. The number of fused-ring (bicyclic) bond motifs is 2. The van der Waals surface area contributed by atoms with Crippen molar-refractivity contribution in [3.63, 3.8) is 0 Å². The van der Waals surface area contributed by atoms with Gasteiger partial charge in [0, 0.05) is 48.4 Å². The molecule has 146 valence electrons. The number of nitrogens with two attached hydrogens (primary N) is 1. The number of rotatable bonds is 4. The zero-order valence-electron chi connectivity index (χ0n) is 15.7. The molecular weight excluding hydrogens is 384 g/mol. The molecule has 7 heteroatoms. The fraction of sp³-hybridized carbons (Fsp3) is 0.227. The van der Waals surface area contributed by atoms with Crippen molar-refractivity contribution in [3.05, 3.63) is 70.9 Å². The molecule has 1 aromatic carbocycles. The number of hydrogen-bond acceptors (Lipinski definition) is 6. The third-order valence-corrected chi connectivity index (χ3v) is 6.42. The smallest absolute Gasteiger partial charge is 0.259 e. The van der Waals surface area contributed by atoms with Crippen molar-refractivity contribution in [3.8, 4) is 0 Å². The SMILES string of the molecule is NC(=O)c1sc2ncccc2c1[C@@H]1CN(Cc2ccc3ncccc3c2)CCO1. The van der Waals surface area contributed by atoms with Crippen molar-refractivity contribution in [1.82, 2.24) is 14.9 Å². The molecule has 5 rings (SSSR count). The largest absolute Gasteiger partial charge is 0.371 e. The Bertz CT molecular complexity index is 1210. The maximum atomic E-state index is 12.1. The standard InChI is InChI=1S/C22H20N4O2S/c23-21(27)20-19(16-4-2-8-25-22(16)29-20)18-13-26(9-10-28-18)12-14-5-6-17-15(11-14)3-1-7-24-17/h1-8,11,18H,9-10,12-13H2,(H2,23,27)/t18-/m0/s1. The van der Waals surface area contributed by atoms with Crippen LogP contribution in [0.4, 0.5) is 0 Å². The molecule has 3 aromatic heterocycles. The van der Waals surface area contributed by atoms with Crippen LogP contribution in [0.2, 0.25) is 0 Å². The average molecular weight is 404 g/mol. The number of nitrogens with zero attached hydrogens (tertiary/aromatic N) is 3. The molecule has 1 fully saturated rings. The van der Waals surface area contributed by atoms with E-state index in [4.69, 9.17) is 10.5 Å². The highest BCUT2D eigenvalue weighted by Gasteiger charge is 2.29. The Labute approximate surface area is 171 Å². The summed E-state index contributed by atoms with van der Waals surface area (Å²) in [6, 6.07) is 14.3. The Kier molecular flexibility index (Phi) is 4.71. The quantitative estimate of drug-likeness (QED) is 0.563. The molecular formula is C22H20N4O2S. The second-order valence-electron chi connectivity index (χ2n) is 7.19. The molecule has 29 heavy (non-hydrogen) atoms. The number of carbonyl (C=O) groups is 1. The van der Waals surface area contributed by atoms with E-state index in [0.717, 1.165) is 39.8 Å². The van der Waals surface area contributed by atoms with E-state index in [1.807, 2.05) is 24.4 Å². The van der Waals surface area contributed by atoms with Gasteiger partial charge in [0.1, 0.15) is 9.71 Å². The van der Waals surface area contributed by atoms with E-state index in [2.05, 4.69) is 39.1 Å². The maximum Gasteiger partial charge on any atom is 0.259 e. The highest BCUT2D eigenvalue weighted by atomic mass is 32.1. The highest BCUT2D eigenvalue weighted by Crippen LogP contribution is 2.37. The van der Waals surface area contributed by atoms with Crippen LogP contribution in [0.15, 0.2) is 54.9 Å². The Morgan fingerprint density at radius 2 is 2.07 bits per heavy atom. The number of thiophene rings is 1. The van der Waals surface area contributed by atoms with Gasteiger partial charge in [-0.15, -0.1) is 11.3 Å². The summed E-state index contributed by atoms with van der Waals surface area (Å²) < 4.78 is 6.08. The van der Waals surface area contributed by atoms with Gasteiger partial charge in [-0.05, 0) is 29.8 Å². The van der Waals surface area contributed by atoms with Gasteiger partial charge in [-0.25, -0.2) is 4.98 Å². The molecule has 4 aromatic rings. The van der Waals surface area contributed by atoms with Crippen LogP contribution in [0.5, 0.6) is 0 Å². The molecule has 0 aliphatic carbocycles. The molecule has 0 unspecified atom stereocenters. The Morgan fingerprint density at radius 1 is 1.21 bits per heavy atom. The number of morpholine rings is 1. The van der Waals surface area contributed by atoms with Gasteiger partial charge in [0.2, 0.25) is 0 Å². The van der Waals surface area contributed by atoms with E-state index in [9.17, 15) is 4.79 Å². The summed E-state index contributed by atoms with van der Waals surface area (Å²) in [6.45, 7) is 2.96. The average Bonchev–Trinajstić information content (AvgIpc) is 3.14. The monoisotopic (exact) mass is 404 g/mol. The predicted molar refractivity (Wildman–Crippen MR) is 114 cm³/mol. The molecule has 2 N–H and O–H groups in total. The highest BCUT2D eigenvalue weighted by molar-refractivity contribution is 7.20. The molecule has 4 heterocycles. The summed E-state index contributed by atoms with van der Waals surface area (Å²) in [5.74, 6) is -0.425. The number of primary amides is 1. The topological polar surface area (TPSA) is 81.3 Å². The normalized spacial score (nSPS) is 17.7. The van der Waals surface area contributed by atoms with Crippen molar-refractivity contribution < 1.29 is 9.53 Å². The number of carbonyl (C=O) groups excluding carboxylic acids is 1. The lowest BCUT2D eigenvalue weighted by Gasteiger charge is -2.33. The molecule has 0 spiro atoms. The van der Waals surface area contributed by atoms with Gasteiger partial charge in [0.05, 0.1) is 18.2 Å².